The summed E-state index contributed by atoms with van der Waals surface area (Å²) in [6.07, 6.45) is -0.435. The van der Waals surface area contributed by atoms with E-state index in [1.807, 2.05) is 6.92 Å². The van der Waals surface area contributed by atoms with Gasteiger partial charge >= 0.3 is 0 Å². The molecule has 0 aromatic heterocycles. The molecule has 2 atom stereocenters. The minimum absolute atomic E-state index is 0.157. The highest BCUT2D eigenvalue weighted by atomic mass is 17.2. The van der Waals surface area contributed by atoms with Gasteiger partial charge in [-0.25, -0.2) is 0 Å². The van der Waals surface area contributed by atoms with Crippen molar-refractivity contribution in [3.05, 3.63) is 11.3 Å². The molecular weight excluding hydrogens is 248 g/mol. The Morgan fingerprint density at radius 3 is 2.21 bits per heavy atom. The van der Waals surface area contributed by atoms with E-state index in [1.54, 1.807) is 27.7 Å². The third-order valence-electron chi connectivity index (χ3n) is 4.43. The van der Waals surface area contributed by atoms with E-state index in [2.05, 4.69) is 0 Å². The quantitative estimate of drug-likeness (QED) is 0.492. The Bertz CT molecular complexity index is 528. The Balaban J connectivity index is 2.21. The Kier molecular flexibility index (Phi) is 2.21. The third kappa shape index (κ3) is 1.32. The molecule has 2 heterocycles. The maximum Gasteiger partial charge on any atom is 0.178 e. The summed E-state index contributed by atoms with van der Waals surface area (Å²) in [5.41, 5.74) is -2.09. The molecule has 0 bridgehead atoms. The molecule has 104 valence electrons. The van der Waals surface area contributed by atoms with Crippen LogP contribution in [0.4, 0.5) is 0 Å². The van der Waals surface area contributed by atoms with Crippen molar-refractivity contribution in [2.24, 2.45) is 10.8 Å². The molecule has 1 fully saturated rings. The summed E-state index contributed by atoms with van der Waals surface area (Å²) in [7, 11) is 0. The summed E-state index contributed by atoms with van der Waals surface area (Å²) in [4.78, 5) is 35.8. The SMILES string of the molecule is CC1(C)C(=O)C2=C(OO[C@]3(C)CO[C@H]23)C(C)(C)C1=O. The fraction of sp³-hybridized carbons (Fsp3) is 0.714. The molecule has 0 amide bonds. The number of fused-ring (bicyclic) bond motifs is 2. The topological polar surface area (TPSA) is 61.8 Å². The van der Waals surface area contributed by atoms with Gasteiger partial charge in [0.2, 0.25) is 0 Å². The zero-order valence-electron chi connectivity index (χ0n) is 11.8. The molecule has 0 saturated carbocycles. The largest absolute Gasteiger partial charge is 0.367 e. The van der Waals surface area contributed by atoms with Crippen LogP contribution in [0.2, 0.25) is 0 Å². The zero-order valence-corrected chi connectivity index (χ0v) is 11.8. The van der Waals surface area contributed by atoms with Crippen LogP contribution in [0.3, 0.4) is 0 Å². The molecule has 0 aromatic rings. The number of hydrogen-bond acceptors (Lipinski definition) is 5. The van der Waals surface area contributed by atoms with Crippen molar-refractivity contribution in [1.82, 2.24) is 0 Å². The van der Waals surface area contributed by atoms with Gasteiger partial charge in [0.15, 0.2) is 22.9 Å². The Morgan fingerprint density at radius 1 is 1.05 bits per heavy atom. The average Bonchev–Trinajstić information content (AvgIpc) is 2.31. The van der Waals surface area contributed by atoms with Crippen molar-refractivity contribution in [2.75, 3.05) is 6.61 Å². The van der Waals surface area contributed by atoms with Gasteiger partial charge in [0.05, 0.1) is 23.0 Å². The van der Waals surface area contributed by atoms with Gasteiger partial charge in [0, 0.05) is 0 Å². The van der Waals surface area contributed by atoms with Crippen molar-refractivity contribution in [1.29, 1.82) is 0 Å². The molecule has 0 radical (unpaired) electrons. The van der Waals surface area contributed by atoms with Crippen LogP contribution in [0.25, 0.3) is 0 Å². The van der Waals surface area contributed by atoms with Gasteiger partial charge in [-0.05, 0) is 34.6 Å². The van der Waals surface area contributed by atoms with Gasteiger partial charge in [-0.1, -0.05) is 0 Å². The molecule has 0 aromatic carbocycles. The number of Topliss-reactive ketones (excluding diaryl/α,β-unsaturated/α-hetero) is 2. The van der Waals surface area contributed by atoms with E-state index in [1.165, 1.54) is 0 Å². The number of rotatable bonds is 0. The highest BCUT2D eigenvalue weighted by molar-refractivity contribution is 6.19. The lowest BCUT2D eigenvalue weighted by molar-refractivity contribution is -0.415. The molecule has 2 aliphatic heterocycles. The second-order valence-corrected chi connectivity index (χ2v) is 6.82. The summed E-state index contributed by atoms with van der Waals surface area (Å²) in [5, 5.41) is 0. The van der Waals surface area contributed by atoms with Crippen molar-refractivity contribution in [3.8, 4) is 0 Å². The minimum Gasteiger partial charge on any atom is -0.367 e. The van der Waals surface area contributed by atoms with E-state index in [4.69, 9.17) is 14.5 Å². The van der Waals surface area contributed by atoms with E-state index in [9.17, 15) is 9.59 Å². The predicted octanol–water partition coefficient (Wildman–Crippen LogP) is 1.56. The van der Waals surface area contributed by atoms with Crippen LogP contribution < -0.4 is 0 Å². The van der Waals surface area contributed by atoms with Gasteiger partial charge in [-0.2, -0.15) is 4.89 Å². The second-order valence-electron chi connectivity index (χ2n) is 6.82. The lowest BCUT2D eigenvalue weighted by atomic mass is 9.61. The van der Waals surface area contributed by atoms with Crippen molar-refractivity contribution in [3.63, 3.8) is 0 Å². The highest BCUT2D eigenvalue weighted by Crippen LogP contribution is 2.52. The van der Waals surface area contributed by atoms with Crippen LogP contribution in [0, 0.1) is 10.8 Å². The first kappa shape index (κ1) is 12.8. The summed E-state index contributed by atoms with van der Waals surface area (Å²) < 4.78 is 5.50. The van der Waals surface area contributed by atoms with Gasteiger partial charge in [0.25, 0.3) is 0 Å². The number of hydrogen-bond donors (Lipinski definition) is 0. The van der Waals surface area contributed by atoms with E-state index >= 15 is 0 Å². The first-order valence-corrected chi connectivity index (χ1v) is 6.44. The molecule has 0 unspecified atom stereocenters. The predicted molar refractivity (Wildman–Crippen MR) is 64.9 cm³/mol. The molecule has 3 aliphatic rings. The van der Waals surface area contributed by atoms with E-state index in [0.717, 1.165) is 0 Å². The molecule has 5 nitrogen and oxygen atoms in total. The van der Waals surface area contributed by atoms with Crippen molar-refractivity contribution >= 4 is 11.6 Å². The standard InChI is InChI=1S/C14H18O5/c1-12(2)8(15)7-9(13(3,4)11(12)16)18-19-14(5)6-17-10(7)14/h10H,6H2,1-5H3/t10-,14-/m1/s1. The molecular formula is C14H18O5. The van der Waals surface area contributed by atoms with Crippen LogP contribution in [0.1, 0.15) is 34.6 Å². The van der Waals surface area contributed by atoms with E-state index < -0.39 is 22.5 Å². The molecule has 0 N–H and O–H groups in total. The van der Waals surface area contributed by atoms with E-state index in [0.29, 0.717) is 17.9 Å². The van der Waals surface area contributed by atoms with E-state index in [-0.39, 0.29) is 11.6 Å². The lowest BCUT2D eigenvalue weighted by Gasteiger charge is -2.52. The Hall–Kier alpha value is -1.20. The van der Waals surface area contributed by atoms with Crippen LogP contribution in [-0.4, -0.2) is 29.9 Å². The monoisotopic (exact) mass is 266 g/mol. The van der Waals surface area contributed by atoms with Crippen LogP contribution in [0.5, 0.6) is 0 Å². The number of carbonyl (C=O) groups excluding carboxylic acids is 2. The fourth-order valence-corrected chi connectivity index (χ4v) is 3.15. The molecule has 5 heteroatoms. The number of carbonyl (C=O) groups is 2. The van der Waals surface area contributed by atoms with Gasteiger partial charge in [-0.15, -0.1) is 0 Å². The van der Waals surface area contributed by atoms with Crippen LogP contribution in [0.15, 0.2) is 11.3 Å². The fourth-order valence-electron chi connectivity index (χ4n) is 3.15. The number of ketones is 2. The third-order valence-corrected chi connectivity index (χ3v) is 4.43. The summed E-state index contributed by atoms with van der Waals surface area (Å²) in [5.74, 6) is -0.0645. The molecule has 3 rings (SSSR count). The average molecular weight is 266 g/mol. The molecule has 19 heavy (non-hydrogen) atoms. The molecule has 1 saturated heterocycles. The summed E-state index contributed by atoms with van der Waals surface area (Å²) in [6.45, 7) is 9.06. The first-order chi connectivity index (χ1) is 8.62. The van der Waals surface area contributed by atoms with Crippen molar-refractivity contribution < 1.29 is 24.1 Å². The highest BCUT2D eigenvalue weighted by Gasteiger charge is 2.64. The second kappa shape index (κ2) is 3.27. The Labute approximate surface area is 111 Å². The van der Waals surface area contributed by atoms with Gasteiger partial charge in [0.1, 0.15) is 6.10 Å². The first-order valence-electron chi connectivity index (χ1n) is 6.44. The van der Waals surface area contributed by atoms with Gasteiger partial charge in [-0.3, -0.25) is 9.59 Å². The van der Waals surface area contributed by atoms with Crippen LogP contribution in [-0.2, 0) is 24.1 Å². The van der Waals surface area contributed by atoms with Crippen LogP contribution >= 0.6 is 0 Å². The molecule has 1 aliphatic carbocycles. The number of ether oxygens (including phenoxy) is 1. The lowest BCUT2D eigenvalue weighted by Crippen LogP contribution is -2.65. The maximum atomic E-state index is 12.6. The summed E-state index contributed by atoms with van der Waals surface area (Å²) >= 11 is 0. The minimum atomic E-state index is -1.05. The number of allylic oxidation sites excluding steroid dienone is 1. The van der Waals surface area contributed by atoms with Gasteiger partial charge < -0.3 is 9.62 Å². The molecule has 0 spiro atoms. The normalized spacial score (nSPS) is 39.1. The zero-order chi connectivity index (χ0) is 14.2. The van der Waals surface area contributed by atoms with Crippen molar-refractivity contribution in [2.45, 2.75) is 46.3 Å². The Morgan fingerprint density at radius 2 is 1.68 bits per heavy atom. The maximum absolute atomic E-state index is 12.6. The smallest absolute Gasteiger partial charge is 0.178 e. The summed E-state index contributed by atoms with van der Waals surface area (Å²) in [6, 6.07) is 0.